The number of aliphatic imine (C=N–C) groups is 1. The van der Waals surface area contributed by atoms with Gasteiger partial charge in [-0.05, 0) is 36.3 Å². The molecule has 0 aliphatic rings. The third kappa shape index (κ3) is 13.1. The standard InChI is InChI=1S/C19H24N2P.C6H16N2.Li/c1-15(2)20-19(21-16(3)4)22(17-11-7-5-8-12-17)18-13-9-6-10-14-18;1-7(2)5-6-8(3)4;/h5-16H,1-4H3;5-6H2,1-4H3;/q-1;;+1/p+3. The molecular weight excluding hydrogens is 394 g/mol. The van der Waals surface area contributed by atoms with Crippen LogP contribution in [0.15, 0.2) is 65.7 Å². The molecule has 0 aromatic heterocycles. The summed E-state index contributed by atoms with van der Waals surface area (Å²) in [6.45, 7) is 11.0. The SMILES string of the molecule is CC(C)N=C([N-]C(C)C)[PH+](c1ccccc1)c1ccccc1.C[NH+](C)CC[NH+](C)C.[Li+]. The molecule has 2 rings (SSSR count). The van der Waals surface area contributed by atoms with Crippen molar-refractivity contribution in [2.24, 2.45) is 4.99 Å². The molecule has 0 saturated carbocycles. The number of amidine groups is 1. The van der Waals surface area contributed by atoms with E-state index in [4.69, 9.17) is 10.3 Å². The fourth-order valence-corrected chi connectivity index (χ4v) is 5.46. The summed E-state index contributed by atoms with van der Waals surface area (Å²) in [5.41, 5.74) is 1.02. The Balaban J connectivity index is 0.000000858. The minimum absolute atomic E-state index is 0. The summed E-state index contributed by atoms with van der Waals surface area (Å²) in [6.07, 6.45) is 0. The Labute approximate surface area is 204 Å². The van der Waals surface area contributed by atoms with Crippen molar-refractivity contribution in [3.63, 3.8) is 0 Å². The third-order valence-electron chi connectivity index (χ3n) is 4.23. The van der Waals surface area contributed by atoms with Crippen molar-refractivity contribution in [1.82, 2.24) is 0 Å². The summed E-state index contributed by atoms with van der Waals surface area (Å²) in [7, 11) is 7.59. The summed E-state index contributed by atoms with van der Waals surface area (Å²) < 4.78 is 0. The Morgan fingerprint density at radius 1 is 0.774 bits per heavy atom. The van der Waals surface area contributed by atoms with Gasteiger partial charge in [0.1, 0.15) is 23.7 Å². The van der Waals surface area contributed by atoms with Crippen LogP contribution in [0.25, 0.3) is 5.32 Å². The van der Waals surface area contributed by atoms with Crippen molar-refractivity contribution < 1.29 is 28.7 Å². The maximum Gasteiger partial charge on any atom is 1.00 e. The number of benzene rings is 2. The number of nitrogens with one attached hydrogen (secondary N) is 2. The molecule has 0 unspecified atom stereocenters. The first-order valence-corrected chi connectivity index (χ1v) is 12.6. The molecule has 0 amide bonds. The van der Waals surface area contributed by atoms with Gasteiger partial charge in [-0.1, -0.05) is 64.1 Å². The maximum absolute atomic E-state index is 4.87. The number of hydrogen-bond acceptors (Lipinski definition) is 1. The molecule has 6 heteroatoms. The molecule has 0 saturated heterocycles. The number of rotatable bonds is 8. The van der Waals surface area contributed by atoms with E-state index in [0.29, 0.717) is 0 Å². The molecule has 0 atom stereocenters. The molecule has 2 N–H and O–H groups in total. The summed E-state index contributed by atoms with van der Waals surface area (Å²) in [6, 6.07) is 21.8. The summed E-state index contributed by atoms with van der Waals surface area (Å²) >= 11 is 0. The number of likely N-dealkylation sites (N-methyl/N-ethyl adjacent to an activating group) is 2. The van der Waals surface area contributed by atoms with Crippen molar-refractivity contribution in [3.8, 4) is 0 Å². The fraction of sp³-hybridized carbons (Fsp3) is 0.480. The Hall–Kier alpha value is -1.14. The van der Waals surface area contributed by atoms with E-state index in [1.165, 1.54) is 33.5 Å². The van der Waals surface area contributed by atoms with Gasteiger partial charge < -0.3 is 20.1 Å². The molecule has 4 nitrogen and oxygen atoms in total. The fourth-order valence-electron chi connectivity index (χ4n) is 2.79. The third-order valence-corrected chi connectivity index (χ3v) is 6.76. The van der Waals surface area contributed by atoms with Crippen LogP contribution in [0.2, 0.25) is 0 Å². The molecule has 0 radical (unpaired) electrons. The zero-order valence-electron chi connectivity index (χ0n) is 21.2. The maximum atomic E-state index is 4.87. The quantitative estimate of drug-likeness (QED) is 0.222. The van der Waals surface area contributed by atoms with Gasteiger partial charge in [0, 0.05) is 0 Å². The van der Waals surface area contributed by atoms with Crippen molar-refractivity contribution in [2.45, 2.75) is 39.8 Å². The average Bonchev–Trinajstić information content (AvgIpc) is 2.68. The normalized spacial score (nSPS) is 11.6. The van der Waals surface area contributed by atoms with Crippen LogP contribution in [0.1, 0.15) is 27.7 Å². The van der Waals surface area contributed by atoms with Crippen LogP contribution >= 0.6 is 7.92 Å². The van der Waals surface area contributed by atoms with Crippen molar-refractivity contribution in [3.05, 3.63) is 66.0 Å². The zero-order chi connectivity index (χ0) is 22.5. The minimum atomic E-state index is -1.15. The second-order valence-electron chi connectivity index (χ2n) is 8.79. The first-order chi connectivity index (χ1) is 14.2. The van der Waals surface area contributed by atoms with Gasteiger partial charge in [-0.3, -0.25) is 0 Å². The molecule has 166 valence electrons. The van der Waals surface area contributed by atoms with Gasteiger partial charge >= 0.3 is 18.9 Å². The number of quaternary nitrogens is 2. The molecular formula is C25H43LiN4P+3. The van der Waals surface area contributed by atoms with E-state index in [1.54, 1.807) is 0 Å². The van der Waals surface area contributed by atoms with Crippen LogP contribution < -0.4 is 39.3 Å². The Morgan fingerprint density at radius 3 is 1.45 bits per heavy atom. The van der Waals surface area contributed by atoms with E-state index in [9.17, 15) is 0 Å². The van der Waals surface area contributed by atoms with Gasteiger partial charge in [0.05, 0.1) is 41.7 Å². The molecule has 2 aromatic rings. The predicted molar refractivity (Wildman–Crippen MR) is 137 cm³/mol. The first kappa shape index (κ1) is 29.9. The number of hydrogen-bond donors (Lipinski definition) is 2. The van der Waals surface area contributed by atoms with Gasteiger partial charge in [0.25, 0.3) is 0 Å². The molecule has 0 fully saturated rings. The van der Waals surface area contributed by atoms with E-state index in [1.807, 2.05) is 0 Å². The molecule has 2 aromatic carbocycles. The van der Waals surface area contributed by atoms with E-state index in [2.05, 4.69) is 117 Å². The van der Waals surface area contributed by atoms with Crippen LogP contribution in [-0.4, -0.2) is 58.9 Å². The van der Waals surface area contributed by atoms with Gasteiger partial charge in [0.15, 0.2) is 0 Å². The van der Waals surface area contributed by atoms with Crippen LogP contribution in [-0.2, 0) is 0 Å². The summed E-state index contributed by atoms with van der Waals surface area (Å²) in [4.78, 5) is 7.93. The second kappa shape index (κ2) is 16.5. The smallest absolute Gasteiger partial charge is 0.431 e. The minimum Gasteiger partial charge on any atom is -0.431 e. The zero-order valence-corrected chi connectivity index (χ0v) is 22.2. The second-order valence-corrected chi connectivity index (χ2v) is 11.1. The van der Waals surface area contributed by atoms with Gasteiger partial charge in [-0.25, -0.2) is 0 Å². The van der Waals surface area contributed by atoms with E-state index >= 15 is 0 Å². The number of nitrogens with zero attached hydrogens (tertiary/aromatic N) is 2. The van der Waals surface area contributed by atoms with Crippen molar-refractivity contribution in [1.29, 1.82) is 0 Å². The van der Waals surface area contributed by atoms with E-state index in [0.717, 1.165) is 5.58 Å². The molecule has 0 aliphatic carbocycles. The average molecular weight is 438 g/mol. The molecule has 31 heavy (non-hydrogen) atoms. The van der Waals surface area contributed by atoms with Crippen LogP contribution in [0, 0.1) is 0 Å². The largest absolute Gasteiger partial charge is 1.00 e. The van der Waals surface area contributed by atoms with Gasteiger partial charge in [0.2, 0.25) is 0 Å². The van der Waals surface area contributed by atoms with E-state index < -0.39 is 7.92 Å². The monoisotopic (exact) mass is 437 g/mol. The first-order valence-electron chi connectivity index (χ1n) is 11.1. The van der Waals surface area contributed by atoms with Gasteiger partial charge in [-0.2, -0.15) is 0 Å². The van der Waals surface area contributed by atoms with Crippen LogP contribution in [0.4, 0.5) is 0 Å². The Morgan fingerprint density at radius 2 is 1.16 bits per heavy atom. The van der Waals surface area contributed by atoms with Crippen LogP contribution in [0.5, 0.6) is 0 Å². The van der Waals surface area contributed by atoms with Crippen LogP contribution in [0.3, 0.4) is 0 Å². The predicted octanol–water partition coefficient (Wildman–Crippen LogP) is -1.32. The molecule has 0 aliphatic heterocycles. The molecule has 0 heterocycles. The summed E-state index contributed by atoms with van der Waals surface area (Å²) in [5, 5.41) is 7.54. The van der Waals surface area contributed by atoms with Crippen molar-refractivity contribution >= 4 is 24.1 Å². The molecule has 0 spiro atoms. The molecule has 0 bridgehead atoms. The van der Waals surface area contributed by atoms with Crippen molar-refractivity contribution in [2.75, 3.05) is 41.3 Å². The topological polar surface area (TPSA) is 35.3 Å². The van der Waals surface area contributed by atoms with Gasteiger partial charge in [-0.15, -0.1) is 0 Å². The Bertz CT molecular complexity index is 671. The van der Waals surface area contributed by atoms with E-state index in [-0.39, 0.29) is 30.9 Å². The Kier molecular flexibility index (Phi) is 15.9. The summed E-state index contributed by atoms with van der Waals surface area (Å²) in [5.74, 6) is 0.